The zero-order valence-corrected chi connectivity index (χ0v) is 11.6. The minimum Gasteiger partial charge on any atom is -0.301 e. The van der Waals surface area contributed by atoms with E-state index in [1.54, 1.807) is 0 Å². The van der Waals surface area contributed by atoms with Gasteiger partial charge in [0.25, 0.3) is 0 Å². The number of halogens is 1. The molecule has 3 nitrogen and oxygen atoms in total. The molecule has 0 unspecified atom stereocenters. The summed E-state index contributed by atoms with van der Waals surface area (Å²) >= 11 is 3.45. The zero-order chi connectivity index (χ0) is 13.2. The second kappa shape index (κ2) is 4.87. The molecule has 4 heteroatoms. The lowest BCUT2D eigenvalue weighted by Crippen LogP contribution is -1.96. The van der Waals surface area contributed by atoms with Crippen LogP contribution in [-0.4, -0.2) is 9.38 Å². The average Bonchev–Trinajstić information content (AvgIpc) is 2.77. The Hall–Kier alpha value is -2.12. The lowest BCUT2D eigenvalue weighted by molar-refractivity contribution is 0.957. The molecule has 0 bridgehead atoms. The first kappa shape index (κ1) is 11.9. The lowest BCUT2D eigenvalue weighted by Gasteiger charge is -2.02. The van der Waals surface area contributed by atoms with E-state index in [4.69, 9.17) is 5.26 Å². The summed E-state index contributed by atoms with van der Waals surface area (Å²) < 4.78 is 2.94. The second-order valence-electron chi connectivity index (χ2n) is 4.25. The minimum absolute atomic E-state index is 0.471. The summed E-state index contributed by atoms with van der Waals surface area (Å²) in [5, 5.41) is 9.15. The molecule has 19 heavy (non-hydrogen) atoms. The van der Waals surface area contributed by atoms with Crippen LogP contribution in [-0.2, 0) is 6.42 Å². The summed E-state index contributed by atoms with van der Waals surface area (Å²) in [6, 6.07) is 16.1. The first-order valence-electron chi connectivity index (χ1n) is 5.88. The van der Waals surface area contributed by atoms with Crippen molar-refractivity contribution in [1.29, 1.82) is 5.26 Å². The molecule has 0 amide bonds. The molecule has 3 aromatic rings. The maximum atomic E-state index is 9.15. The van der Waals surface area contributed by atoms with Gasteiger partial charge in [-0.05, 0) is 33.6 Å². The molecule has 2 aromatic heterocycles. The van der Waals surface area contributed by atoms with E-state index in [0.717, 1.165) is 15.8 Å². The van der Waals surface area contributed by atoms with Gasteiger partial charge in [0.15, 0.2) is 5.69 Å². The van der Waals surface area contributed by atoms with Crippen molar-refractivity contribution in [2.45, 2.75) is 6.42 Å². The minimum atomic E-state index is 0.471. The SMILES string of the molecule is N#Cc1nc(Cc2ccccc2)n2cc(Br)ccc12. The van der Waals surface area contributed by atoms with Crippen LogP contribution in [0.15, 0.2) is 53.1 Å². The van der Waals surface area contributed by atoms with Crippen molar-refractivity contribution in [2.75, 3.05) is 0 Å². The van der Waals surface area contributed by atoms with Crippen LogP contribution in [0.4, 0.5) is 0 Å². The van der Waals surface area contributed by atoms with Crippen molar-refractivity contribution in [3.63, 3.8) is 0 Å². The topological polar surface area (TPSA) is 41.1 Å². The fraction of sp³-hybridized carbons (Fsp3) is 0.0667. The predicted octanol–water partition coefficient (Wildman–Crippen LogP) is 3.56. The molecule has 92 valence electrons. The highest BCUT2D eigenvalue weighted by Gasteiger charge is 2.11. The van der Waals surface area contributed by atoms with Gasteiger partial charge in [-0.25, -0.2) is 4.98 Å². The summed E-state index contributed by atoms with van der Waals surface area (Å²) in [5.74, 6) is 0.874. The fourth-order valence-corrected chi connectivity index (χ4v) is 2.44. The van der Waals surface area contributed by atoms with Gasteiger partial charge >= 0.3 is 0 Å². The summed E-state index contributed by atoms with van der Waals surface area (Å²) in [5.41, 5.74) is 2.49. The van der Waals surface area contributed by atoms with Crippen LogP contribution >= 0.6 is 15.9 Å². The van der Waals surface area contributed by atoms with Gasteiger partial charge in [-0.1, -0.05) is 30.3 Å². The monoisotopic (exact) mass is 311 g/mol. The summed E-state index contributed by atoms with van der Waals surface area (Å²) in [6.45, 7) is 0. The number of pyridine rings is 1. The third-order valence-corrected chi connectivity index (χ3v) is 3.45. The molecule has 0 fully saturated rings. The number of imidazole rings is 1. The first-order valence-corrected chi connectivity index (χ1v) is 6.68. The van der Waals surface area contributed by atoms with Crippen LogP contribution in [0.25, 0.3) is 5.52 Å². The Balaban J connectivity index is 2.13. The Morgan fingerprint density at radius 3 is 2.68 bits per heavy atom. The normalized spacial score (nSPS) is 10.5. The fourth-order valence-electron chi connectivity index (χ4n) is 2.11. The van der Waals surface area contributed by atoms with Crippen LogP contribution in [0.1, 0.15) is 17.1 Å². The maximum absolute atomic E-state index is 9.15. The van der Waals surface area contributed by atoms with Crippen LogP contribution < -0.4 is 0 Å². The number of nitrogens with zero attached hydrogens (tertiary/aromatic N) is 3. The van der Waals surface area contributed by atoms with Crippen molar-refractivity contribution in [3.05, 3.63) is 70.2 Å². The molecule has 0 atom stereocenters. The van der Waals surface area contributed by atoms with E-state index in [9.17, 15) is 0 Å². The first-order chi connectivity index (χ1) is 9.28. The van der Waals surface area contributed by atoms with Gasteiger partial charge in [-0.2, -0.15) is 5.26 Å². The Bertz CT molecular complexity index is 769. The number of benzene rings is 1. The molecule has 2 heterocycles. The van der Waals surface area contributed by atoms with Gasteiger partial charge in [0.1, 0.15) is 11.9 Å². The van der Waals surface area contributed by atoms with Crippen molar-refractivity contribution in [3.8, 4) is 6.07 Å². The molecule has 3 rings (SSSR count). The number of rotatable bonds is 2. The van der Waals surface area contributed by atoms with Gasteiger partial charge in [-0.3, -0.25) is 0 Å². The van der Waals surface area contributed by atoms with Gasteiger partial charge < -0.3 is 4.40 Å². The summed E-state index contributed by atoms with van der Waals surface area (Å²) in [7, 11) is 0. The highest BCUT2D eigenvalue weighted by Crippen LogP contribution is 2.19. The van der Waals surface area contributed by atoms with E-state index >= 15 is 0 Å². The largest absolute Gasteiger partial charge is 0.301 e. The van der Waals surface area contributed by atoms with Crippen molar-refractivity contribution >= 4 is 21.4 Å². The third kappa shape index (κ3) is 2.25. The van der Waals surface area contributed by atoms with E-state index < -0.39 is 0 Å². The van der Waals surface area contributed by atoms with E-state index in [0.29, 0.717) is 12.1 Å². The average molecular weight is 312 g/mol. The number of hydrogen-bond acceptors (Lipinski definition) is 2. The molecular formula is C15H10BrN3. The molecule has 0 saturated heterocycles. The van der Waals surface area contributed by atoms with E-state index in [2.05, 4.69) is 39.1 Å². The van der Waals surface area contributed by atoms with Gasteiger partial charge in [0.2, 0.25) is 0 Å². The summed E-state index contributed by atoms with van der Waals surface area (Å²) in [4.78, 5) is 4.43. The molecule has 0 saturated carbocycles. The molecular weight excluding hydrogens is 302 g/mol. The van der Waals surface area contributed by atoms with Crippen LogP contribution in [0.2, 0.25) is 0 Å². The standard InChI is InChI=1S/C15H10BrN3/c16-12-6-7-14-13(9-17)18-15(19(14)10-12)8-11-4-2-1-3-5-11/h1-7,10H,8H2. The third-order valence-electron chi connectivity index (χ3n) is 2.98. The van der Waals surface area contributed by atoms with Crippen molar-refractivity contribution < 1.29 is 0 Å². The number of aromatic nitrogens is 2. The molecule has 0 spiro atoms. The molecule has 0 N–H and O–H groups in total. The van der Waals surface area contributed by atoms with E-state index in [1.165, 1.54) is 5.56 Å². The van der Waals surface area contributed by atoms with Gasteiger partial charge in [0, 0.05) is 17.1 Å². The number of hydrogen-bond donors (Lipinski definition) is 0. The van der Waals surface area contributed by atoms with E-state index in [-0.39, 0.29) is 0 Å². The smallest absolute Gasteiger partial charge is 0.166 e. The molecule has 1 aromatic carbocycles. The molecule has 0 aliphatic rings. The highest BCUT2D eigenvalue weighted by molar-refractivity contribution is 9.10. The Kier molecular flexibility index (Phi) is 3.06. The van der Waals surface area contributed by atoms with Gasteiger partial charge in [0.05, 0.1) is 5.52 Å². The van der Waals surface area contributed by atoms with E-state index in [1.807, 2.05) is 40.9 Å². The van der Waals surface area contributed by atoms with Crippen LogP contribution in [0.5, 0.6) is 0 Å². The number of fused-ring (bicyclic) bond motifs is 1. The number of nitriles is 1. The molecule has 0 aliphatic carbocycles. The zero-order valence-electron chi connectivity index (χ0n) is 10.0. The molecule has 0 radical (unpaired) electrons. The Labute approximate surface area is 119 Å². The lowest BCUT2D eigenvalue weighted by atomic mass is 10.1. The van der Waals surface area contributed by atoms with Crippen LogP contribution in [0.3, 0.4) is 0 Å². The second-order valence-corrected chi connectivity index (χ2v) is 5.17. The quantitative estimate of drug-likeness (QED) is 0.726. The maximum Gasteiger partial charge on any atom is 0.166 e. The Morgan fingerprint density at radius 1 is 1.16 bits per heavy atom. The Morgan fingerprint density at radius 2 is 1.95 bits per heavy atom. The van der Waals surface area contributed by atoms with Crippen LogP contribution in [0, 0.1) is 11.3 Å². The molecule has 0 aliphatic heterocycles. The predicted molar refractivity (Wildman–Crippen MR) is 76.9 cm³/mol. The van der Waals surface area contributed by atoms with Crippen molar-refractivity contribution in [1.82, 2.24) is 9.38 Å². The van der Waals surface area contributed by atoms with Gasteiger partial charge in [-0.15, -0.1) is 0 Å². The van der Waals surface area contributed by atoms with Crippen molar-refractivity contribution in [2.24, 2.45) is 0 Å². The summed E-state index contributed by atoms with van der Waals surface area (Å²) in [6.07, 6.45) is 2.65. The highest BCUT2D eigenvalue weighted by atomic mass is 79.9.